The number of pyridine rings is 2. The molecule has 7 nitrogen and oxygen atoms in total. The van der Waals surface area contributed by atoms with Gasteiger partial charge in [-0.3, -0.25) is 4.98 Å². The van der Waals surface area contributed by atoms with Crippen LogP contribution in [0, 0.1) is 0 Å². The van der Waals surface area contributed by atoms with E-state index in [1.54, 1.807) is 42.7 Å². The highest BCUT2D eigenvalue weighted by Crippen LogP contribution is 2.34. The van der Waals surface area contributed by atoms with Gasteiger partial charge in [0.15, 0.2) is 5.75 Å². The number of hydrogen-bond donors (Lipinski definition) is 2. The molecule has 1 fully saturated rings. The lowest BCUT2D eigenvalue weighted by atomic mass is 9.96. The summed E-state index contributed by atoms with van der Waals surface area (Å²) in [5, 5.41) is 19.5. The zero-order valence-corrected chi connectivity index (χ0v) is 15.7. The number of aromatic carboxylic acids is 1. The molecule has 29 heavy (non-hydrogen) atoms. The van der Waals surface area contributed by atoms with E-state index in [-0.39, 0.29) is 23.3 Å². The van der Waals surface area contributed by atoms with Gasteiger partial charge in [0.1, 0.15) is 11.9 Å². The highest BCUT2D eigenvalue weighted by Gasteiger charge is 2.22. The van der Waals surface area contributed by atoms with Crippen molar-refractivity contribution in [2.45, 2.75) is 31.9 Å². The van der Waals surface area contributed by atoms with Crippen molar-refractivity contribution in [1.29, 1.82) is 0 Å². The summed E-state index contributed by atoms with van der Waals surface area (Å²) >= 11 is 0. The Morgan fingerprint density at radius 2 is 2.03 bits per heavy atom. The number of carboxylic acids is 1. The maximum atomic E-state index is 11.4. The molecule has 4 rings (SSSR count). The molecule has 7 heteroatoms. The molecule has 2 heterocycles. The minimum absolute atomic E-state index is 0.0127. The Morgan fingerprint density at radius 3 is 2.72 bits per heavy atom. The number of carbonyl (C=O) groups is 1. The molecular formula is C22H21N3O4. The van der Waals surface area contributed by atoms with Crippen molar-refractivity contribution in [3.05, 3.63) is 72.1 Å². The number of carboxylic acid groups (broad SMARTS) is 1. The quantitative estimate of drug-likeness (QED) is 0.624. The normalized spacial score (nSPS) is 13.5. The summed E-state index contributed by atoms with van der Waals surface area (Å²) in [5.41, 5.74) is 1.79. The summed E-state index contributed by atoms with van der Waals surface area (Å²) in [7, 11) is 0. The van der Waals surface area contributed by atoms with Gasteiger partial charge in [-0.25, -0.2) is 4.79 Å². The molecule has 148 valence electrons. The second-order valence-corrected chi connectivity index (χ2v) is 6.97. The van der Waals surface area contributed by atoms with Crippen LogP contribution in [-0.2, 0) is 6.54 Å². The van der Waals surface area contributed by atoms with Crippen LogP contribution in [0.4, 0.5) is 11.5 Å². The third kappa shape index (κ3) is 4.29. The van der Waals surface area contributed by atoms with Crippen LogP contribution in [0.1, 0.15) is 35.2 Å². The number of anilines is 2. The largest absolute Gasteiger partial charge is 0.503 e. The van der Waals surface area contributed by atoms with E-state index in [0.717, 1.165) is 24.8 Å². The van der Waals surface area contributed by atoms with Crippen molar-refractivity contribution in [2.75, 3.05) is 4.90 Å². The first-order valence-electron chi connectivity index (χ1n) is 9.46. The van der Waals surface area contributed by atoms with Crippen LogP contribution in [0.15, 0.2) is 60.9 Å². The fourth-order valence-corrected chi connectivity index (χ4v) is 3.09. The molecule has 1 aromatic carbocycles. The summed E-state index contributed by atoms with van der Waals surface area (Å²) in [5.74, 6) is -0.275. The van der Waals surface area contributed by atoms with E-state index in [9.17, 15) is 15.0 Å². The number of aromatic hydroxyl groups is 1. The highest BCUT2D eigenvalue weighted by atomic mass is 16.5. The summed E-state index contributed by atoms with van der Waals surface area (Å²) in [6, 6.07) is 13.7. The third-order valence-electron chi connectivity index (χ3n) is 4.90. The first kappa shape index (κ1) is 18.7. The highest BCUT2D eigenvalue weighted by molar-refractivity contribution is 5.89. The summed E-state index contributed by atoms with van der Waals surface area (Å²) < 4.78 is 5.83. The SMILES string of the molecule is O=C(O)c1cccc(N(Cc2cccnc2)c2ccc(O)c(OC3CCC3)n2)c1. The van der Waals surface area contributed by atoms with Crippen LogP contribution >= 0.6 is 0 Å². The Morgan fingerprint density at radius 1 is 1.17 bits per heavy atom. The molecule has 1 aliphatic carbocycles. The zero-order valence-electron chi connectivity index (χ0n) is 15.7. The van der Waals surface area contributed by atoms with Gasteiger partial charge in [0.25, 0.3) is 5.88 Å². The van der Waals surface area contributed by atoms with Gasteiger partial charge in [0.05, 0.1) is 12.1 Å². The molecule has 1 aliphatic rings. The van der Waals surface area contributed by atoms with Crippen LogP contribution in [0.3, 0.4) is 0 Å². The Hall–Kier alpha value is -3.61. The molecule has 0 amide bonds. The maximum Gasteiger partial charge on any atom is 0.335 e. The third-order valence-corrected chi connectivity index (χ3v) is 4.90. The summed E-state index contributed by atoms with van der Waals surface area (Å²) in [6.07, 6.45) is 6.53. The number of ether oxygens (including phenoxy) is 1. The Balaban J connectivity index is 1.72. The van der Waals surface area contributed by atoms with Crippen molar-refractivity contribution in [2.24, 2.45) is 0 Å². The van der Waals surface area contributed by atoms with Crippen molar-refractivity contribution < 1.29 is 19.7 Å². The first-order chi connectivity index (χ1) is 14.1. The Kier molecular flexibility index (Phi) is 5.29. The molecule has 3 aromatic rings. The van der Waals surface area contributed by atoms with E-state index in [1.807, 2.05) is 23.1 Å². The van der Waals surface area contributed by atoms with Crippen LogP contribution in [0.5, 0.6) is 11.6 Å². The molecule has 0 bridgehead atoms. The molecule has 1 saturated carbocycles. The number of hydrogen-bond acceptors (Lipinski definition) is 6. The summed E-state index contributed by atoms with van der Waals surface area (Å²) in [4.78, 5) is 22.0. The first-order valence-corrected chi connectivity index (χ1v) is 9.46. The van der Waals surface area contributed by atoms with Crippen molar-refractivity contribution in [3.63, 3.8) is 0 Å². The van der Waals surface area contributed by atoms with Crippen molar-refractivity contribution in [1.82, 2.24) is 9.97 Å². The molecular weight excluding hydrogens is 370 g/mol. The molecule has 0 saturated heterocycles. The summed E-state index contributed by atoms with van der Waals surface area (Å²) in [6.45, 7) is 0.428. The Labute approximate surface area is 168 Å². The second kappa shape index (κ2) is 8.18. The Bertz CT molecular complexity index is 1010. The van der Waals surface area contributed by atoms with E-state index in [1.165, 1.54) is 0 Å². The average molecular weight is 391 g/mol. The van der Waals surface area contributed by atoms with Crippen LogP contribution in [0.25, 0.3) is 0 Å². The molecule has 2 N–H and O–H groups in total. The lowest BCUT2D eigenvalue weighted by Crippen LogP contribution is -2.25. The van der Waals surface area contributed by atoms with Crippen LogP contribution in [0.2, 0.25) is 0 Å². The van der Waals surface area contributed by atoms with Crippen molar-refractivity contribution >= 4 is 17.5 Å². The van der Waals surface area contributed by atoms with E-state index in [4.69, 9.17) is 4.74 Å². The van der Waals surface area contributed by atoms with E-state index >= 15 is 0 Å². The number of rotatable bonds is 7. The predicted octanol–water partition coefficient (Wildman–Crippen LogP) is 4.15. The van der Waals surface area contributed by atoms with Gasteiger partial charge in [-0.05, 0) is 61.2 Å². The topological polar surface area (TPSA) is 95.8 Å². The maximum absolute atomic E-state index is 11.4. The fourth-order valence-electron chi connectivity index (χ4n) is 3.09. The lowest BCUT2D eigenvalue weighted by molar-refractivity contribution is 0.0697. The molecule has 0 unspecified atom stereocenters. The fraction of sp³-hybridized carbons (Fsp3) is 0.227. The van der Waals surface area contributed by atoms with Crippen LogP contribution < -0.4 is 9.64 Å². The minimum atomic E-state index is -0.999. The number of nitrogens with zero attached hydrogens (tertiary/aromatic N) is 3. The van der Waals surface area contributed by atoms with E-state index in [0.29, 0.717) is 18.1 Å². The molecule has 0 radical (unpaired) electrons. The predicted molar refractivity (Wildman–Crippen MR) is 108 cm³/mol. The van der Waals surface area contributed by atoms with Gasteiger partial charge in [-0.1, -0.05) is 12.1 Å². The monoisotopic (exact) mass is 391 g/mol. The van der Waals surface area contributed by atoms with E-state index < -0.39 is 5.97 Å². The molecule has 0 atom stereocenters. The van der Waals surface area contributed by atoms with Gasteiger partial charge in [-0.2, -0.15) is 4.98 Å². The molecule has 0 spiro atoms. The second-order valence-electron chi connectivity index (χ2n) is 6.97. The van der Waals surface area contributed by atoms with E-state index in [2.05, 4.69) is 9.97 Å². The van der Waals surface area contributed by atoms with Gasteiger partial charge in [-0.15, -0.1) is 0 Å². The smallest absolute Gasteiger partial charge is 0.335 e. The van der Waals surface area contributed by atoms with Crippen molar-refractivity contribution in [3.8, 4) is 11.6 Å². The van der Waals surface area contributed by atoms with Gasteiger partial charge in [0, 0.05) is 18.1 Å². The minimum Gasteiger partial charge on any atom is -0.503 e. The lowest BCUT2D eigenvalue weighted by Gasteiger charge is -2.28. The molecule has 2 aromatic heterocycles. The average Bonchev–Trinajstić information content (AvgIpc) is 2.71. The van der Waals surface area contributed by atoms with Gasteiger partial charge < -0.3 is 19.8 Å². The zero-order chi connectivity index (χ0) is 20.2. The standard InChI is InChI=1S/C22H21N3O4/c26-19-9-10-20(24-21(19)29-18-7-2-8-18)25(14-15-4-3-11-23-13-15)17-6-1-5-16(12-17)22(27)28/h1,3-6,9-13,18,26H,2,7-8,14H2,(H,27,28). The van der Waals surface area contributed by atoms with Gasteiger partial charge >= 0.3 is 5.97 Å². The van der Waals surface area contributed by atoms with Gasteiger partial charge in [0.2, 0.25) is 0 Å². The van der Waals surface area contributed by atoms with Crippen LogP contribution in [-0.4, -0.2) is 32.3 Å². The number of benzene rings is 1. The molecule has 0 aliphatic heterocycles. The number of aromatic nitrogens is 2.